The number of ether oxygens (including phenoxy) is 1. The fourth-order valence-corrected chi connectivity index (χ4v) is 2.31. The van der Waals surface area contributed by atoms with Crippen LogP contribution in [0.4, 0.5) is 10.5 Å². The Morgan fingerprint density at radius 2 is 1.76 bits per heavy atom. The first-order valence-electron chi connectivity index (χ1n) is 6.43. The molecular formula is C14H18Cl2N2O3. The molecule has 5 nitrogen and oxygen atoms in total. The number of carbonyl (C=O) groups excluding carboxylic acids is 2. The first kappa shape index (κ1) is 17.6. The predicted molar refractivity (Wildman–Crippen MR) is 83.9 cm³/mol. The molecule has 0 saturated heterocycles. The van der Waals surface area contributed by atoms with Gasteiger partial charge >= 0.3 is 12.0 Å². The fourth-order valence-electron chi connectivity index (χ4n) is 1.78. The lowest BCUT2D eigenvalue weighted by atomic mass is 10.0. The molecule has 21 heavy (non-hydrogen) atoms. The fraction of sp³-hybridized carbons (Fsp3) is 0.429. The average molecular weight is 333 g/mol. The number of esters is 1. The molecule has 2 N–H and O–H groups in total. The summed E-state index contributed by atoms with van der Waals surface area (Å²) in [6.07, 6.45) is 0.483. The van der Waals surface area contributed by atoms with Crippen molar-refractivity contribution in [2.75, 3.05) is 12.4 Å². The molecular weight excluding hydrogens is 315 g/mol. The number of nitrogens with one attached hydrogen (secondary N) is 2. The van der Waals surface area contributed by atoms with Crippen molar-refractivity contribution >= 4 is 40.9 Å². The van der Waals surface area contributed by atoms with Crippen LogP contribution in [0, 0.1) is 5.92 Å². The van der Waals surface area contributed by atoms with E-state index in [0.29, 0.717) is 22.2 Å². The second kappa shape index (κ2) is 8.10. The van der Waals surface area contributed by atoms with Gasteiger partial charge in [0.05, 0.1) is 7.11 Å². The van der Waals surface area contributed by atoms with Crippen molar-refractivity contribution in [3.63, 3.8) is 0 Å². The molecule has 0 aromatic heterocycles. The van der Waals surface area contributed by atoms with Crippen LogP contribution in [-0.4, -0.2) is 25.2 Å². The highest BCUT2D eigenvalue weighted by Gasteiger charge is 2.22. The van der Waals surface area contributed by atoms with Gasteiger partial charge in [-0.2, -0.15) is 0 Å². The van der Waals surface area contributed by atoms with Crippen molar-refractivity contribution in [2.45, 2.75) is 26.3 Å². The molecule has 0 heterocycles. The number of halogens is 2. The summed E-state index contributed by atoms with van der Waals surface area (Å²) in [4.78, 5) is 23.6. The van der Waals surface area contributed by atoms with E-state index in [9.17, 15) is 9.59 Å². The maximum atomic E-state index is 11.9. The summed E-state index contributed by atoms with van der Waals surface area (Å²) in [5.41, 5.74) is 0.443. The Hall–Kier alpha value is -1.46. The average Bonchev–Trinajstić information content (AvgIpc) is 2.34. The Bertz CT molecular complexity index is 501. The highest BCUT2D eigenvalue weighted by Crippen LogP contribution is 2.22. The van der Waals surface area contributed by atoms with Crippen molar-refractivity contribution in [3.05, 3.63) is 28.2 Å². The molecule has 0 radical (unpaired) electrons. The van der Waals surface area contributed by atoms with Crippen LogP contribution < -0.4 is 10.6 Å². The number of urea groups is 1. The smallest absolute Gasteiger partial charge is 0.328 e. The van der Waals surface area contributed by atoms with Crippen molar-refractivity contribution in [2.24, 2.45) is 5.92 Å². The Balaban J connectivity index is 2.71. The van der Waals surface area contributed by atoms with Gasteiger partial charge in [-0.1, -0.05) is 37.0 Å². The summed E-state index contributed by atoms with van der Waals surface area (Å²) >= 11 is 11.7. The monoisotopic (exact) mass is 332 g/mol. The van der Waals surface area contributed by atoms with E-state index in [1.54, 1.807) is 18.2 Å². The molecule has 1 aromatic rings. The van der Waals surface area contributed by atoms with E-state index in [1.165, 1.54) is 7.11 Å². The lowest BCUT2D eigenvalue weighted by Crippen LogP contribution is -2.44. The molecule has 1 atom stereocenters. The number of rotatable bonds is 5. The minimum atomic E-state index is -0.704. The molecule has 1 unspecified atom stereocenters. The van der Waals surface area contributed by atoms with E-state index in [0.717, 1.165) is 0 Å². The minimum absolute atomic E-state index is 0.231. The summed E-state index contributed by atoms with van der Waals surface area (Å²) in [6, 6.07) is 3.45. The first-order valence-corrected chi connectivity index (χ1v) is 7.19. The van der Waals surface area contributed by atoms with Crippen LogP contribution in [0.2, 0.25) is 10.0 Å². The largest absolute Gasteiger partial charge is 0.467 e. The van der Waals surface area contributed by atoms with Crippen molar-refractivity contribution in [3.8, 4) is 0 Å². The molecule has 2 amide bonds. The topological polar surface area (TPSA) is 67.4 Å². The van der Waals surface area contributed by atoms with E-state index in [-0.39, 0.29) is 5.92 Å². The third-order valence-corrected chi connectivity index (χ3v) is 3.05. The van der Waals surface area contributed by atoms with Gasteiger partial charge in [-0.3, -0.25) is 0 Å². The standard InChI is InChI=1S/C14H18Cl2N2O3/c1-8(2)4-12(13(19)21-3)18-14(20)17-11-6-9(15)5-10(16)7-11/h5-8,12H,4H2,1-3H3,(H2,17,18,20). The van der Waals surface area contributed by atoms with Crippen LogP contribution in [0.25, 0.3) is 0 Å². The van der Waals surface area contributed by atoms with Crippen LogP contribution in [0.3, 0.4) is 0 Å². The number of anilines is 1. The van der Waals surface area contributed by atoms with E-state index in [1.807, 2.05) is 13.8 Å². The lowest BCUT2D eigenvalue weighted by Gasteiger charge is -2.18. The molecule has 0 aliphatic carbocycles. The maximum absolute atomic E-state index is 11.9. The Morgan fingerprint density at radius 3 is 2.24 bits per heavy atom. The Kier molecular flexibility index (Phi) is 6.78. The highest BCUT2D eigenvalue weighted by atomic mass is 35.5. The minimum Gasteiger partial charge on any atom is -0.467 e. The lowest BCUT2D eigenvalue weighted by molar-refractivity contribution is -0.143. The van der Waals surface area contributed by atoms with Gasteiger partial charge in [0.2, 0.25) is 0 Å². The van der Waals surface area contributed by atoms with Gasteiger partial charge in [-0.25, -0.2) is 9.59 Å². The Labute approximate surface area is 133 Å². The summed E-state index contributed by atoms with van der Waals surface area (Å²) in [7, 11) is 1.28. The van der Waals surface area contributed by atoms with Gasteiger partial charge in [0, 0.05) is 15.7 Å². The summed E-state index contributed by atoms with van der Waals surface area (Å²) in [5, 5.41) is 5.97. The predicted octanol–water partition coefficient (Wildman–Crippen LogP) is 3.70. The van der Waals surface area contributed by atoms with Crippen molar-refractivity contribution in [1.29, 1.82) is 0 Å². The molecule has 1 aromatic carbocycles. The summed E-state index contributed by atoms with van der Waals surface area (Å²) in [6.45, 7) is 3.90. The van der Waals surface area contributed by atoms with Crippen molar-refractivity contribution in [1.82, 2.24) is 5.32 Å². The number of hydrogen-bond donors (Lipinski definition) is 2. The molecule has 0 saturated carbocycles. The Morgan fingerprint density at radius 1 is 1.19 bits per heavy atom. The van der Waals surface area contributed by atoms with Crippen LogP contribution in [-0.2, 0) is 9.53 Å². The van der Waals surface area contributed by atoms with Gasteiger partial charge < -0.3 is 15.4 Å². The zero-order chi connectivity index (χ0) is 16.0. The van der Waals surface area contributed by atoms with Crippen LogP contribution in [0.5, 0.6) is 0 Å². The normalized spacial score (nSPS) is 11.9. The number of methoxy groups -OCH3 is 1. The van der Waals surface area contributed by atoms with Gasteiger partial charge in [-0.15, -0.1) is 0 Å². The third-order valence-electron chi connectivity index (χ3n) is 2.62. The van der Waals surface area contributed by atoms with Gasteiger partial charge in [-0.05, 0) is 30.5 Å². The second-order valence-corrected chi connectivity index (χ2v) is 5.83. The molecule has 0 fully saturated rings. The van der Waals surface area contributed by atoms with E-state index < -0.39 is 18.0 Å². The third kappa shape index (κ3) is 6.23. The van der Waals surface area contributed by atoms with Crippen LogP contribution >= 0.6 is 23.2 Å². The van der Waals surface area contributed by atoms with E-state index in [4.69, 9.17) is 23.2 Å². The van der Waals surface area contributed by atoms with E-state index in [2.05, 4.69) is 15.4 Å². The van der Waals surface area contributed by atoms with Gasteiger partial charge in [0.15, 0.2) is 0 Å². The van der Waals surface area contributed by atoms with Crippen molar-refractivity contribution < 1.29 is 14.3 Å². The molecule has 0 bridgehead atoms. The SMILES string of the molecule is COC(=O)C(CC(C)C)NC(=O)Nc1cc(Cl)cc(Cl)c1. The summed E-state index contributed by atoms with van der Waals surface area (Å²) in [5.74, 6) is -0.252. The zero-order valence-corrected chi connectivity index (χ0v) is 13.6. The quantitative estimate of drug-likeness (QED) is 0.808. The number of hydrogen-bond acceptors (Lipinski definition) is 3. The van der Waals surface area contributed by atoms with Crippen LogP contribution in [0.15, 0.2) is 18.2 Å². The molecule has 7 heteroatoms. The maximum Gasteiger partial charge on any atom is 0.328 e. The van der Waals surface area contributed by atoms with E-state index >= 15 is 0 Å². The van der Waals surface area contributed by atoms with Crippen LogP contribution in [0.1, 0.15) is 20.3 Å². The molecule has 1 rings (SSSR count). The highest BCUT2D eigenvalue weighted by molar-refractivity contribution is 6.35. The van der Waals surface area contributed by atoms with Gasteiger partial charge in [0.1, 0.15) is 6.04 Å². The molecule has 0 aliphatic heterocycles. The molecule has 116 valence electrons. The summed E-state index contributed by atoms with van der Waals surface area (Å²) < 4.78 is 4.68. The number of benzene rings is 1. The molecule has 0 spiro atoms. The first-order chi connectivity index (χ1) is 9.81. The second-order valence-electron chi connectivity index (χ2n) is 4.96. The number of amides is 2. The molecule has 0 aliphatic rings. The zero-order valence-electron chi connectivity index (χ0n) is 12.1. The van der Waals surface area contributed by atoms with Gasteiger partial charge in [0.25, 0.3) is 0 Å². The number of carbonyl (C=O) groups is 2.